The minimum absolute atomic E-state index is 0.00991. The van der Waals surface area contributed by atoms with Crippen LogP contribution in [0.4, 0.5) is 0 Å². The van der Waals surface area contributed by atoms with Crippen LogP contribution in [0.15, 0.2) is 0 Å². The van der Waals surface area contributed by atoms with Gasteiger partial charge in [-0.3, -0.25) is 9.59 Å². The molecule has 0 saturated carbocycles. The van der Waals surface area contributed by atoms with Crippen LogP contribution in [0.3, 0.4) is 0 Å². The van der Waals surface area contributed by atoms with Crippen LogP contribution in [0.1, 0.15) is 341 Å². The second kappa shape index (κ2) is 55.5. The summed E-state index contributed by atoms with van der Waals surface area (Å²) in [5.74, 6) is -0.0255. The number of hydrogen-bond donors (Lipinski definition) is 3. The number of unbranched alkanes of at least 4 members (excludes halogenated alkanes) is 45. The average Bonchev–Trinajstić information content (AvgIpc) is 3.31. The van der Waals surface area contributed by atoms with Crippen LogP contribution in [-0.2, 0) is 14.3 Å². The van der Waals surface area contributed by atoms with Crippen molar-refractivity contribution < 1.29 is 24.5 Å². The molecule has 0 rings (SSSR count). The van der Waals surface area contributed by atoms with Gasteiger partial charge in [0.15, 0.2) is 0 Å². The Morgan fingerprint density at radius 1 is 0.369 bits per heavy atom. The smallest absolute Gasteiger partial charge is 0.305 e. The predicted molar refractivity (Wildman–Crippen MR) is 283 cm³/mol. The molecule has 3 N–H and O–H groups in total. The fraction of sp³-hybridized carbons (Fsp3) is 0.966. The summed E-state index contributed by atoms with van der Waals surface area (Å²) in [4.78, 5) is 24.5. The zero-order valence-corrected chi connectivity index (χ0v) is 44.3. The number of nitrogens with one attached hydrogen (secondary N) is 1. The highest BCUT2D eigenvalue weighted by Gasteiger charge is 2.20. The molecule has 2 atom stereocenters. The van der Waals surface area contributed by atoms with Gasteiger partial charge >= 0.3 is 5.97 Å². The molecule has 0 saturated heterocycles. The molecule has 0 aliphatic carbocycles. The molecule has 65 heavy (non-hydrogen) atoms. The maximum atomic E-state index is 12.5. The molecule has 0 aliphatic rings. The van der Waals surface area contributed by atoms with Crippen molar-refractivity contribution in [3.63, 3.8) is 0 Å². The van der Waals surface area contributed by atoms with E-state index in [0.717, 1.165) is 38.5 Å². The Morgan fingerprint density at radius 2 is 0.631 bits per heavy atom. The number of rotatable bonds is 56. The molecule has 0 aromatic carbocycles. The second-order valence-corrected chi connectivity index (χ2v) is 20.7. The maximum Gasteiger partial charge on any atom is 0.305 e. The zero-order chi connectivity index (χ0) is 47.2. The zero-order valence-electron chi connectivity index (χ0n) is 44.3. The van der Waals surface area contributed by atoms with Gasteiger partial charge in [-0.05, 0) is 25.7 Å². The van der Waals surface area contributed by atoms with Crippen LogP contribution in [0.2, 0.25) is 0 Å². The van der Waals surface area contributed by atoms with Crippen LogP contribution >= 0.6 is 0 Å². The molecule has 0 bridgehead atoms. The minimum Gasteiger partial charge on any atom is -0.466 e. The van der Waals surface area contributed by atoms with Gasteiger partial charge in [-0.1, -0.05) is 303 Å². The van der Waals surface area contributed by atoms with Crippen molar-refractivity contribution in [1.82, 2.24) is 5.32 Å². The lowest BCUT2D eigenvalue weighted by atomic mass is 10.0. The standard InChI is InChI=1S/C59H117NO5/c1-3-5-7-9-11-13-15-17-18-21-24-28-31-35-39-43-47-51-57(62)56(55-61)60-58(63)52-48-44-40-36-32-29-25-22-19-20-23-26-30-34-38-42-46-50-54-65-59(64)53-49-45-41-37-33-27-16-14-12-10-8-6-4-2/h56-57,61-62H,3-55H2,1-2H3,(H,60,63). The molecule has 0 fully saturated rings. The summed E-state index contributed by atoms with van der Waals surface area (Å²) in [5, 5.41) is 23.3. The van der Waals surface area contributed by atoms with E-state index in [0.29, 0.717) is 25.9 Å². The van der Waals surface area contributed by atoms with E-state index in [1.54, 1.807) is 0 Å². The molecule has 0 aliphatic heterocycles. The minimum atomic E-state index is -0.666. The van der Waals surface area contributed by atoms with E-state index in [4.69, 9.17) is 4.74 Å². The van der Waals surface area contributed by atoms with Crippen molar-refractivity contribution in [2.24, 2.45) is 0 Å². The molecule has 0 aromatic rings. The number of aliphatic hydroxyl groups is 2. The van der Waals surface area contributed by atoms with Crippen LogP contribution < -0.4 is 5.32 Å². The van der Waals surface area contributed by atoms with Gasteiger partial charge in [0.2, 0.25) is 5.91 Å². The number of carbonyl (C=O) groups excluding carboxylic acids is 2. The van der Waals surface area contributed by atoms with Crippen LogP contribution in [-0.4, -0.2) is 47.4 Å². The van der Waals surface area contributed by atoms with Gasteiger partial charge in [0.1, 0.15) is 0 Å². The van der Waals surface area contributed by atoms with Gasteiger partial charge in [0.05, 0.1) is 25.4 Å². The lowest BCUT2D eigenvalue weighted by Gasteiger charge is -2.22. The van der Waals surface area contributed by atoms with E-state index in [-0.39, 0.29) is 18.5 Å². The summed E-state index contributed by atoms with van der Waals surface area (Å²) in [5.41, 5.74) is 0. The number of carbonyl (C=O) groups is 2. The molecule has 2 unspecified atom stereocenters. The largest absolute Gasteiger partial charge is 0.466 e. The molecule has 0 spiro atoms. The lowest BCUT2D eigenvalue weighted by molar-refractivity contribution is -0.143. The summed E-state index contributed by atoms with van der Waals surface area (Å²) in [6, 6.07) is -0.543. The molecule has 6 nitrogen and oxygen atoms in total. The van der Waals surface area contributed by atoms with Crippen molar-refractivity contribution in [3.05, 3.63) is 0 Å². The first-order chi connectivity index (χ1) is 32.0. The molecule has 6 heteroatoms. The van der Waals surface area contributed by atoms with Crippen molar-refractivity contribution >= 4 is 11.9 Å². The normalized spacial score (nSPS) is 12.5. The summed E-state index contributed by atoms with van der Waals surface area (Å²) in [7, 11) is 0. The summed E-state index contributed by atoms with van der Waals surface area (Å²) >= 11 is 0. The molecule has 388 valence electrons. The summed E-state index contributed by atoms with van der Waals surface area (Å²) < 4.78 is 5.48. The van der Waals surface area contributed by atoms with E-state index in [2.05, 4.69) is 19.2 Å². The van der Waals surface area contributed by atoms with Gasteiger partial charge < -0.3 is 20.3 Å². The highest BCUT2D eigenvalue weighted by molar-refractivity contribution is 5.76. The Hall–Kier alpha value is -1.14. The summed E-state index contributed by atoms with van der Waals surface area (Å²) in [6.07, 6.45) is 63.8. The van der Waals surface area contributed by atoms with Crippen molar-refractivity contribution in [1.29, 1.82) is 0 Å². The van der Waals surface area contributed by atoms with Gasteiger partial charge in [-0.25, -0.2) is 0 Å². The van der Waals surface area contributed by atoms with Crippen molar-refractivity contribution in [3.8, 4) is 0 Å². The fourth-order valence-electron chi connectivity index (χ4n) is 9.58. The third-order valence-corrected chi connectivity index (χ3v) is 14.2. The number of ether oxygens (including phenoxy) is 1. The fourth-order valence-corrected chi connectivity index (χ4v) is 9.58. The first-order valence-electron chi connectivity index (χ1n) is 29.8. The van der Waals surface area contributed by atoms with Gasteiger partial charge in [-0.2, -0.15) is 0 Å². The van der Waals surface area contributed by atoms with Crippen LogP contribution in [0.5, 0.6) is 0 Å². The predicted octanol–water partition coefficient (Wildman–Crippen LogP) is 18.3. The molecular formula is C59H117NO5. The van der Waals surface area contributed by atoms with Gasteiger partial charge in [0, 0.05) is 12.8 Å². The quantitative estimate of drug-likeness (QED) is 0.0417. The van der Waals surface area contributed by atoms with Crippen LogP contribution in [0, 0.1) is 0 Å². The first kappa shape index (κ1) is 63.9. The summed E-state index contributed by atoms with van der Waals surface area (Å²) in [6.45, 7) is 4.97. The average molecular weight is 921 g/mol. The van der Waals surface area contributed by atoms with E-state index in [9.17, 15) is 19.8 Å². The third-order valence-electron chi connectivity index (χ3n) is 14.2. The number of esters is 1. The Balaban J connectivity index is 3.39. The molecular weight excluding hydrogens is 803 g/mol. The Labute approximate surface area is 406 Å². The molecule has 0 heterocycles. The van der Waals surface area contributed by atoms with E-state index in [1.165, 1.54) is 270 Å². The highest BCUT2D eigenvalue weighted by atomic mass is 16.5. The number of amides is 1. The Morgan fingerprint density at radius 3 is 0.938 bits per heavy atom. The van der Waals surface area contributed by atoms with Crippen LogP contribution in [0.25, 0.3) is 0 Å². The van der Waals surface area contributed by atoms with Crippen molar-refractivity contribution in [2.75, 3.05) is 13.2 Å². The SMILES string of the molecule is CCCCCCCCCCCCCCCCCCCC(O)C(CO)NC(=O)CCCCCCCCCCCCCCCCCCCCOC(=O)CCCCCCCCCCCCCCC. The third kappa shape index (κ3) is 52.1. The molecule has 1 amide bonds. The Kier molecular flexibility index (Phi) is 54.5. The van der Waals surface area contributed by atoms with E-state index in [1.807, 2.05) is 0 Å². The molecule has 0 aromatic heterocycles. The van der Waals surface area contributed by atoms with E-state index >= 15 is 0 Å². The molecule has 0 radical (unpaired) electrons. The lowest BCUT2D eigenvalue weighted by Crippen LogP contribution is -2.45. The highest BCUT2D eigenvalue weighted by Crippen LogP contribution is 2.18. The van der Waals surface area contributed by atoms with Gasteiger partial charge in [-0.15, -0.1) is 0 Å². The topological polar surface area (TPSA) is 95.9 Å². The second-order valence-electron chi connectivity index (χ2n) is 20.7. The number of hydrogen-bond acceptors (Lipinski definition) is 5. The number of aliphatic hydroxyl groups excluding tert-OH is 2. The monoisotopic (exact) mass is 920 g/mol. The first-order valence-corrected chi connectivity index (χ1v) is 29.8. The van der Waals surface area contributed by atoms with E-state index < -0.39 is 12.1 Å². The Bertz CT molecular complexity index is 928. The maximum absolute atomic E-state index is 12.5. The van der Waals surface area contributed by atoms with Gasteiger partial charge in [0.25, 0.3) is 0 Å². The van der Waals surface area contributed by atoms with Crippen molar-refractivity contribution in [2.45, 2.75) is 353 Å².